The highest BCUT2D eigenvalue weighted by Crippen LogP contribution is 2.47. The molecule has 2 aliphatic carbocycles. The topological polar surface area (TPSA) is 131 Å². The third-order valence-corrected chi connectivity index (χ3v) is 11.1. The third kappa shape index (κ3) is 5.89. The summed E-state index contributed by atoms with van der Waals surface area (Å²) in [5.41, 5.74) is 1.11. The standard InChI is InChI=1S/C32H37ClN2O8S/c1-31(2)29(36)34-44(39,40)23-9-12-28-26(16-23)35(17-21-7-10-24(21)27(43-30(37)38)6-4-14-42-31)18-32(19-41-28)13-3-5-20-15-22(33)8-11-25(20)32/h4,6,8-9,11-12,15-16,21,24,27H,3,5,7,10,13-14,17-19H2,1-2H3,(H,34,36)(H,37,38)/t21-,24+,27-,32-/m0/s1. The van der Waals surface area contributed by atoms with E-state index < -0.39 is 33.8 Å². The molecule has 2 N–H and O–H groups in total. The van der Waals surface area contributed by atoms with E-state index in [1.165, 1.54) is 31.0 Å². The zero-order valence-corrected chi connectivity index (χ0v) is 26.3. The molecule has 1 amide bonds. The molecule has 4 aliphatic rings. The van der Waals surface area contributed by atoms with Crippen LogP contribution >= 0.6 is 11.6 Å². The van der Waals surface area contributed by atoms with E-state index in [0.29, 0.717) is 36.2 Å². The number of nitrogens with one attached hydrogen (secondary N) is 1. The number of halogens is 1. The second-order valence-electron chi connectivity index (χ2n) is 12.8. The summed E-state index contributed by atoms with van der Waals surface area (Å²) >= 11 is 6.37. The molecule has 2 bridgehead atoms. The van der Waals surface area contributed by atoms with Gasteiger partial charge in [0.1, 0.15) is 17.5 Å². The molecule has 1 spiro atoms. The first-order valence-corrected chi connectivity index (χ1v) is 16.8. The van der Waals surface area contributed by atoms with E-state index in [4.69, 9.17) is 25.8 Å². The van der Waals surface area contributed by atoms with Crippen LogP contribution < -0.4 is 14.4 Å². The van der Waals surface area contributed by atoms with Crippen molar-refractivity contribution in [2.24, 2.45) is 11.8 Å². The molecule has 6 rings (SSSR count). The minimum absolute atomic E-state index is 0.0361. The van der Waals surface area contributed by atoms with Crippen LogP contribution in [0.4, 0.5) is 10.5 Å². The van der Waals surface area contributed by atoms with Crippen LogP contribution in [0.5, 0.6) is 5.75 Å². The van der Waals surface area contributed by atoms with Crippen molar-refractivity contribution < 1.29 is 37.3 Å². The van der Waals surface area contributed by atoms with E-state index in [1.54, 1.807) is 24.3 Å². The number of amides is 1. The molecular weight excluding hydrogens is 608 g/mol. The molecule has 12 heteroatoms. The SMILES string of the molecule is CC1(C)OCC=C[C@H](OC(=O)O)[C@@H]2CC[C@H]2CN2C[C@@]3(CCCc4cc(Cl)ccc43)COc3ccc(cc32)S(=O)(=O)NC1=O. The van der Waals surface area contributed by atoms with Gasteiger partial charge in [-0.25, -0.2) is 17.9 Å². The highest BCUT2D eigenvalue weighted by Gasteiger charge is 2.45. The minimum atomic E-state index is -4.24. The zero-order chi connectivity index (χ0) is 31.3. The van der Waals surface area contributed by atoms with E-state index in [9.17, 15) is 23.1 Å². The summed E-state index contributed by atoms with van der Waals surface area (Å²) in [4.78, 5) is 26.8. The molecule has 0 aromatic heterocycles. The number of carboxylic acid groups (broad SMARTS) is 1. The summed E-state index contributed by atoms with van der Waals surface area (Å²) in [6.45, 7) is 4.42. The molecule has 0 unspecified atom stereocenters. The van der Waals surface area contributed by atoms with Crippen LogP contribution in [0.25, 0.3) is 0 Å². The number of ether oxygens (including phenoxy) is 3. The lowest BCUT2D eigenvalue weighted by atomic mass is 9.68. The highest BCUT2D eigenvalue weighted by molar-refractivity contribution is 7.90. The van der Waals surface area contributed by atoms with Crippen LogP contribution in [-0.4, -0.2) is 63.6 Å². The van der Waals surface area contributed by atoms with Gasteiger partial charge in [0.2, 0.25) is 0 Å². The second kappa shape index (κ2) is 11.6. The van der Waals surface area contributed by atoms with Crippen molar-refractivity contribution in [2.45, 2.75) is 68.0 Å². The lowest BCUT2D eigenvalue weighted by molar-refractivity contribution is -0.139. The first-order valence-electron chi connectivity index (χ1n) is 15.0. The smallest absolute Gasteiger partial charge is 0.490 e. The molecule has 4 atom stereocenters. The quantitative estimate of drug-likeness (QED) is 0.323. The Balaban J connectivity index is 1.45. The van der Waals surface area contributed by atoms with Crippen molar-refractivity contribution in [2.75, 3.05) is 31.2 Å². The molecular formula is C32H37ClN2O8S. The molecule has 44 heavy (non-hydrogen) atoms. The number of benzene rings is 2. The Morgan fingerprint density at radius 1 is 1.18 bits per heavy atom. The van der Waals surface area contributed by atoms with Crippen molar-refractivity contribution in [1.29, 1.82) is 0 Å². The number of nitrogens with zero attached hydrogens (tertiary/aromatic N) is 1. The Hall–Kier alpha value is -3.28. The maximum atomic E-state index is 13.5. The number of hydrogen-bond donors (Lipinski definition) is 2. The predicted octanol–water partition coefficient (Wildman–Crippen LogP) is 5.07. The van der Waals surface area contributed by atoms with Gasteiger partial charge >= 0.3 is 6.16 Å². The van der Waals surface area contributed by atoms with Crippen LogP contribution in [0.1, 0.15) is 50.7 Å². The van der Waals surface area contributed by atoms with Crippen molar-refractivity contribution in [3.05, 3.63) is 64.7 Å². The predicted molar refractivity (Wildman–Crippen MR) is 164 cm³/mol. The van der Waals surface area contributed by atoms with Gasteiger partial charge in [-0.15, -0.1) is 0 Å². The zero-order valence-electron chi connectivity index (χ0n) is 24.8. The summed E-state index contributed by atoms with van der Waals surface area (Å²) in [6.07, 6.45) is 5.62. The number of carbonyl (C=O) groups is 2. The maximum absolute atomic E-state index is 13.5. The average Bonchev–Trinajstić information content (AvgIpc) is 3.09. The fourth-order valence-electron chi connectivity index (χ4n) is 7.00. The van der Waals surface area contributed by atoms with E-state index in [0.717, 1.165) is 32.1 Å². The summed E-state index contributed by atoms with van der Waals surface area (Å²) in [7, 11) is -4.24. The molecule has 2 aromatic carbocycles. The average molecular weight is 645 g/mol. The Kier molecular flexibility index (Phi) is 8.09. The Bertz CT molecular complexity index is 1610. The lowest BCUT2D eigenvalue weighted by Crippen LogP contribution is -2.50. The van der Waals surface area contributed by atoms with E-state index in [-0.39, 0.29) is 28.8 Å². The molecule has 1 fully saturated rings. The monoisotopic (exact) mass is 644 g/mol. The first kappa shape index (κ1) is 30.7. The summed E-state index contributed by atoms with van der Waals surface area (Å²) in [6, 6.07) is 10.7. The maximum Gasteiger partial charge on any atom is 0.506 e. The van der Waals surface area contributed by atoms with E-state index in [1.807, 2.05) is 12.1 Å². The number of rotatable bonds is 1. The number of anilines is 1. The summed E-state index contributed by atoms with van der Waals surface area (Å²) in [5.74, 6) is -0.285. The molecule has 0 radical (unpaired) electrons. The van der Waals surface area contributed by atoms with Crippen LogP contribution in [0.2, 0.25) is 5.02 Å². The Labute approximate surface area is 262 Å². The van der Waals surface area contributed by atoms with Gasteiger partial charge in [0.05, 0.1) is 23.8 Å². The normalized spacial score (nSPS) is 29.2. The molecule has 236 valence electrons. The van der Waals surface area contributed by atoms with Crippen LogP contribution in [0.15, 0.2) is 53.4 Å². The number of hydrogen-bond acceptors (Lipinski definition) is 8. The fourth-order valence-corrected chi connectivity index (χ4v) is 8.32. The van der Waals surface area contributed by atoms with Crippen molar-refractivity contribution in [1.82, 2.24) is 4.72 Å². The molecule has 10 nitrogen and oxygen atoms in total. The molecule has 2 heterocycles. The van der Waals surface area contributed by atoms with Gasteiger partial charge in [-0.3, -0.25) is 4.79 Å². The van der Waals surface area contributed by atoms with Crippen LogP contribution in [0.3, 0.4) is 0 Å². The molecule has 2 aliphatic heterocycles. The Morgan fingerprint density at radius 2 is 2.00 bits per heavy atom. The lowest BCUT2D eigenvalue weighted by Gasteiger charge is -2.45. The van der Waals surface area contributed by atoms with Gasteiger partial charge in [-0.1, -0.05) is 23.7 Å². The second-order valence-corrected chi connectivity index (χ2v) is 14.9. The van der Waals surface area contributed by atoms with Gasteiger partial charge in [-0.2, -0.15) is 0 Å². The third-order valence-electron chi connectivity index (χ3n) is 9.55. The van der Waals surface area contributed by atoms with Crippen molar-refractivity contribution >= 4 is 39.4 Å². The van der Waals surface area contributed by atoms with Gasteiger partial charge in [-0.05, 0) is 99.4 Å². The number of sulfonamides is 1. The van der Waals surface area contributed by atoms with Crippen LogP contribution in [-0.2, 0) is 36.1 Å². The molecule has 2 aromatic rings. The van der Waals surface area contributed by atoms with Gasteiger partial charge < -0.3 is 24.2 Å². The largest absolute Gasteiger partial charge is 0.506 e. The van der Waals surface area contributed by atoms with Gasteiger partial charge in [0, 0.05) is 29.4 Å². The highest BCUT2D eigenvalue weighted by atomic mass is 35.5. The number of fused-ring (bicyclic) bond motifs is 4. The fraction of sp³-hybridized carbons (Fsp3) is 0.500. The van der Waals surface area contributed by atoms with E-state index >= 15 is 0 Å². The number of carbonyl (C=O) groups excluding carboxylic acids is 1. The first-order chi connectivity index (χ1) is 20.9. The molecule has 1 saturated carbocycles. The van der Waals surface area contributed by atoms with E-state index in [2.05, 4.69) is 15.7 Å². The number of aryl methyl sites for hydroxylation is 1. The van der Waals surface area contributed by atoms with Crippen molar-refractivity contribution in [3.63, 3.8) is 0 Å². The minimum Gasteiger partial charge on any atom is -0.490 e. The Morgan fingerprint density at radius 3 is 2.75 bits per heavy atom. The summed E-state index contributed by atoms with van der Waals surface area (Å²) < 4.78 is 46.7. The molecule has 0 saturated heterocycles. The van der Waals surface area contributed by atoms with Crippen LogP contribution in [0, 0.1) is 11.8 Å². The van der Waals surface area contributed by atoms with Crippen molar-refractivity contribution in [3.8, 4) is 5.75 Å². The summed E-state index contributed by atoms with van der Waals surface area (Å²) in [5, 5.41) is 10.2. The van der Waals surface area contributed by atoms with Gasteiger partial charge in [0.15, 0.2) is 0 Å². The van der Waals surface area contributed by atoms with Gasteiger partial charge in [0.25, 0.3) is 15.9 Å².